The Bertz CT molecular complexity index is 812. The summed E-state index contributed by atoms with van der Waals surface area (Å²) in [6.07, 6.45) is 1.76. The lowest BCUT2D eigenvalue weighted by molar-refractivity contribution is -0.127. The number of hydrogen-bond donors (Lipinski definition) is 0. The molecule has 0 fully saturated rings. The van der Waals surface area contributed by atoms with E-state index in [1.54, 1.807) is 6.08 Å². The van der Waals surface area contributed by atoms with Crippen LogP contribution in [0.2, 0.25) is 0 Å². The maximum atomic E-state index is 13.1. The fourth-order valence-corrected chi connectivity index (χ4v) is 3.71. The van der Waals surface area contributed by atoms with Crippen LogP contribution in [0.5, 0.6) is 11.5 Å². The standard InChI is InChI=1S/C19H21N3O3/c1-4-8-22-17(13-5-6-14-15(10-13)25-11-24-14)16-12(2)20-7-9-21(3)18(16)19(22)23/h4-6,10,17H,1,7-9,11H2,2-3H3. The first-order valence-corrected chi connectivity index (χ1v) is 8.40. The molecule has 0 radical (unpaired) electrons. The van der Waals surface area contributed by atoms with Gasteiger partial charge in [0.25, 0.3) is 5.91 Å². The molecule has 6 nitrogen and oxygen atoms in total. The van der Waals surface area contributed by atoms with Crippen molar-refractivity contribution in [1.82, 2.24) is 9.80 Å². The molecule has 6 heteroatoms. The number of hydrogen-bond acceptors (Lipinski definition) is 5. The number of ether oxygens (including phenoxy) is 2. The van der Waals surface area contributed by atoms with Gasteiger partial charge in [0.05, 0.1) is 12.6 Å². The molecule has 3 aliphatic heterocycles. The number of carbonyl (C=O) groups is 1. The van der Waals surface area contributed by atoms with Gasteiger partial charge in [0.15, 0.2) is 11.5 Å². The van der Waals surface area contributed by atoms with Crippen molar-refractivity contribution in [3.8, 4) is 11.5 Å². The van der Waals surface area contributed by atoms with Crippen molar-refractivity contribution in [3.05, 3.63) is 47.7 Å². The Kier molecular flexibility index (Phi) is 3.75. The zero-order valence-electron chi connectivity index (χ0n) is 14.5. The summed E-state index contributed by atoms with van der Waals surface area (Å²) in [4.78, 5) is 21.6. The van der Waals surface area contributed by atoms with Gasteiger partial charge in [-0.3, -0.25) is 9.79 Å². The fourth-order valence-electron chi connectivity index (χ4n) is 3.71. The molecule has 4 rings (SSSR count). The number of nitrogens with zero attached hydrogens (tertiary/aromatic N) is 3. The van der Waals surface area contributed by atoms with Crippen LogP contribution in [0, 0.1) is 0 Å². The van der Waals surface area contributed by atoms with Crippen LogP contribution in [0.4, 0.5) is 0 Å². The first-order valence-electron chi connectivity index (χ1n) is 8.40. The van der Waals surface area contributed by atoms with E-state index in [2.05, 4.69) is 11.6 Å². The van der Waals surface area contributed by atoms with Crippen molar-refractivity contribution in [3.63, 3.8) is 0 Å². The number of amides is 1. The number of rotatable bonds is 3. The Balaban J connectivity index is 1.87. The zero-order valence-corrected chi connectivity index (χ0v) is 14.5. The summed E-state index contributed by atoms with van der Waals surface area (Å²) in [7, 11) is 1.95. The van der Waals surface area contributed by atoms with Gasteiger partial charge in [-0.05, 0) is 24.6 Å². The predicted octanol–water partition coefficient (Wildman–Crippen LogP) is 2.15. The number of aliphatic imine (C=N–C) groups is 1. The Morgan fingerprint density at radius 3 is 2.96 bits per heavy atom. The van der Waals surface area contributed by atoms with E-state index in [4.69, 9.17) is 9.47 Å². The molecule has 0 saturated heterocycles. The maximum absolute atomic E-state index is 13.1. The summed E-state index contributed by atoms with van der Waals surface area (Å²) >= 11 is 0. The molecule has 0 bridgehead atoms. The van der Waals surface area contributed by atoms with Gasteiger partial charge in [0.2, 0.25) is 6.79 Å². The first kappa shape index (κ1) is 15.7. The van der Waals surface area contributed by atoms with Crippen molar-refractivity contribution < 1.29 is 14.3 Å². The third-order valence-corrected chi connectivity index (χ3v) is 4.90. The highest BCUT2D eigenvalue weighted by molar-refractivity contribution is 6.11. The van der Waals surface area contributed by atoms with E-state index < -0.39 is 0 Å². The van der Waals surface area contributed by atoms with Crippen LogP contribution in [-0.4, -0.2) is 54.9 Å². The summed E-state index contributed by atoms with van der Waals surface area (Å²) in [6.45, 7) is 7.94. The highest BCUT2D eigenvalue weighted by Crippen LogP contribution is 2.43. The maximum Gasteiger partial charge on any atom is 0.271 e. The molecule has 1 amide bonds. The lowest BCUT2D eigenvalue weighted by Crippen LogP contribution is -2.34. The molecule has 0 aromatic heterocycles. The smallest absolute Gasteiger partial charge is 0.271 e. The Hall–Kier alpha value is -2.76. The van der Waals surface area contributed by atoms with Gasteiger partial charge in [0.1, 0.15) is 5.70 Å². The lowest BCUT2D eigenvalue weighted by Gasteiger charge is -2.27. The molecule has 0 N–H and O–H groups in total. The van der Waals surface area contributed by atoms with Gasteiger partial charge >= 0.3 is 0 Å². The molecule has 25 heavy (non-hydrogen) atoms. The topological polar surface area (TPSA) is 54.4 Å². The molecule has 0 spiro atoms. The zero-order chi connectivity index (χ0) is 17.6. The van der Waals surface area contributed by atoms with Gasteiger partial charge < -0.3 is 19.3 Å². The van der Waals surface area contributed by atoms with Crippen molar-refractivity contribution in [2.24, 2.45) is 4.99 Å². The van der Waals surface area contributed by atoms with E-state index >= 15 is 0 Å². The number of likely N-dealkylation sites (N-methyl/N-ethyl adjacent to an activating group) is 1. The van der Waals surface area contributed by atoms with Gasteiger partial charge in [-0.2, -0.15) is 0 Å². The van der Waals surface area contributed by atoms with E-state index in [0.717, 1.165) is 34.8 Å². The van der Waals surface area contributed by atoms with Crippen molar-refractivity contribution in [2.75, 3.05) is 33.5 Å². The third kappa shape index (κ3) is 2.40. The molecule has 1 aromatic carbocycles. The second-order valence-electron chi connectivity index (χ2n) is 6.41. The van der Waals surface area contributed by atoms with Gasteiger partial charge in [0, 0.05) is 31.4 Å². The monoisotopic (exact) mass is 339 g/mol. The summed E-state index contributed by atoms with van der Waals surface area (Å²) in [5.41, 5.74) is 3.63. The molecule has 0 aliphatic carbocycles. The van der Waals surface area contributed by atoms with Gasteiger partial charge in [-0.1, -0.05) is 12.1 Å². The molecular weight excluding hydrogens is 318 g/mol. The summed E-state index contributed by atoms with van der Waals surface area (Å²) in [6, 6.07) is 5.67. The van der Waals surface area contributed by atoms with E-state index in [1.165, 1.54) is 0 Å². The normalized spacial score (nSPS) is 22.1. The summed E-state index contributed by atoms with van der Waals surface area (Å²) in [5, 5.41) is 0. The Morgan fingerprint density at radius 2 is 2.16 bits per heavy atom. The van der Waals surface area contributed by atoms with Crippen LogP contribution in [0.15, 0.2) is 47.1 Å². The quantitative estimate of drug-likeness (QED) is 0.792. The van der Waals surface area contributed by atoms with Gasteiger partial charge in [-0.15, -0.1) is 6.58 Å². The minimum Gasteiger partial charge on any atom is -0.454 e. The van der Waals surface area contributed by atoms with E-state index in [9.17, 15) is 4.79 Å². The molecular formula is C19H21N3O3. The second kappa shape index (κ2) is 5.95. The van der Waals surface area contributed by atoms with E-state index in [0.29, 0.717) is 18.8 Å². The second-order valence-corrected chi connectivity index (χ2v) is 6.41. The molecule has 130 valence electrons. The van der Waals surface area contributed by atoms with E-state index in [1.807, 2.05) is 42.0 Å². The molecule has 0 saturated carbocycles. The third-order valence-electron chi connectivity index (χ3n) is 4.90. The largest absolute Gasteiger partial charge is 0.454 e. The summed E-state index contributed by atoms with van der Waals surface area (Å²) < 4.78 is 10.9. The van der Waals surface area contributed by atoms with Gasteiger partial charge in [-0.25, -0.2) is 0 Å². The van der Waals surface area contributed by atoms with Crippen molar-refractivity contribution in [2.45, 2.75) is 13.0 Å². The van der Waals surface area contributed by atoms with Crippen LogP contribution in [0.1, 0.15) is 18.5 Å². The highest BCUT2D eigenvalue weighted by Gasteiger charge is 2.43. The SMILES string of the molecule is C=CCN1C(=O)C2=C(C(C)=NCCN2C)C1c1ccc2c(c1)OCO2. The Morgan fingerprint density at radius 1 is 1.36 bits per heavy atom. The lowest BCUT2D eigenvalue weighted by atomic mass is 9.95. The predicted molar refractivity (Wildman–Crippen MR) is 94.8 cm³/mol. The fraction of sp³-hybridized carbons (Fsp3) is 0.368. The molecule has 1 unspecified atom stereocenters. The summed E-state index contributed by atoms with van der Waals surface area (Å²) in [5.74, 6) is 1.48. The minimum absolute atomic E-state index is 0.0246. The molecule has 1 atom stereocenters. The Labute approximate surface area is 147 Å². The van der Waals surface area contributed by atoms with Crippen molar-refractivity contribution in [1.29, 1.82) is 0 Å². The molecule has 3 aliphatic rings. The number of fused-ring (bicyclic) bond motifs is 1. The average molecular weight is 339 g/mol. The highest BCUT2D eigenvalue weighted by atomic mass is 16.7. The van der Waals surface area contributed by atoms with E-state index in [-0.39, 0.29) is 18.7 Å². The number of carbonyl (C=O) groups excluding carboxylic acids is 1. The van der Waals surface area contributed by atoms with Crippen molar-refractivity contribution >= 4 is 11.6 Å². The van der Waals surface area contributed by atoms with Crippen LogP contribution in [0.3, 0.4) is 0 Å². The van der Waals surface area contributed by atoms with Crippen LogP contribution in [-0.2, 0) is 4.79 Å². The van der Waals surface area contributed by atoms with Crippen LogP contribution >= 0.6 is 0 Å². The van der Waals surface area contributed by atoms with Crippen LogP contribution in [0.25, 0.3) is 0 Å². The average Bonchev–Trinajstić information content (AvgIpc) is 3.13. The molecule has 1 aromatic rings. The van der Waals surface area contributed by atoms with Crippen LogP contribution < -0.4 is 9.47 Å². The molecule has 3 heterocycles. The number of benzene rings is 1. The minimum atomic E-state index is -0.195. The first-order chi connectivity index (χ1) is 12.1.